The maximum atomic E-state index is 14.4. The maximum absolute atomic E-state index is 14.4. The van der Waals surface area contributed by atoms with Crippen molar-refractivity contribution in [2.75, 3.05) is 13.7 Å². The van der Waals surface area contributed by atoms with Gasteiger partial charge in [0, 0.05) is 77.2 Å². The van der Waals surface area contributed by atoms with Crippen LogP contribution < -0.4 is 24.7 Å². The number of phenolic OH excluding ortho intramolecular Hbond substituents is 2. The Kier molecular flexibility index (Phi) is 16.5. The number of aliphatic hydroxyl groups excluding tert-OH is 2. The Balaban J connectivity index is 1.18. The summed E-state index contributed by atoms with van der Waals surface area (Å²) in [5.41, 5.74) is 5.95. The van der Waals surface area contributed by atoms with Crippen LogP contribution in [0.3, 0.4) is 0 Å². The number of aromatic hydroxyl groups is 2. The molecule has 368 valence electrons. The van der Waals surface area contributed by atoms with Crippen LogP contribution in [0, 0.1) is 0 Å². The summed E-state index contributed by atoms with van der Waals surface area (Å²) < 4.78 is 10.7. The molecule has 0 radical (unpaired) electrons. The van der Waals surface area contributed by atoms with Crippen molar-refractivity contribution in [2.45, 2.75) is 163 Å². The largest absolute Gasteiger partial charge is 0.507 e. The zero-order valence-electron chi connectivity index (χ0n) is 42.1. The average molecular weight is 948 g/mol. The second-order valence-corrected chi connectivity index (χ2v) is 19.8. The first-order chi connectivity index (χ1) is 34.1. The van der Waals surface area contributed by atoms with Crippen LogP contribution in [0.1, 0.15) is 156 Å². The van der Waals surface area contributed by atoms with Crippen molar-refractivity contribution in [3.8, 4) is 17.2 Å². The normalized spacial score (nSPS) is 14.0. The molecule has 2 heterocycles. The Morgan fingerprint density at radius 1 is 0.614 bits per heavy atom. The van der Waals surface area contributed by atoms with Crippen molar-refractivity contribution in [2.24, 2.45) is 4.99 Å². The number of rotatable bonds is 25. The van der Waals surface area contributed by atoms with E-state index in [0.717, 1.165) is 74.9 Å². The standard InChI is InChI=1S/C60H71N3O7/c1-6-8-10-17-27-62-29-22-40(23-30-62)19-13-12-14-21-44-45-33-38(3)48(39(4)61-26-16-15-20-41-24-31-63(32-25-41)28-18-11-9-7-2)57-56-51(45)54-49(42(36-64)34-46(66)52(54)58(44)68)50-43(37-65)35-47(67)53(55(50)56)59(69)60(57)70-5/h22-25,29-35,48,64-65H,6-21,26-28,36-37H2,1-5H3/p+2. The smallest absolute Gasteiger partial charge is 0.190 e. The number of unbranched alkanes of at least 4 members (excludes halogenated alkanes) is 9. The van der Waals surface area contributed by atoms with E-state index in [0.29, 0.717) is 67.5 Å². The van der Waals surface area contributed by atoms with E-state index in [2.05, 4.69) is 78.1 Å². The van der Waals surface area contributed by atoms with E-state index in [-0.39, 0.29) is 28.0 Å². The van der Waals surface area contributed by atoms with Crippen LogP contribution in [0.5, 0.6) is 17.2 Å². The van der Waals surface area contributed by atoms with Gasteiger partial charge in [-0.3, -0.25) is 14.6 Å². The number of aromatic nitrogens is 2. The molecule has 0 fully saturated rings. The van der Waals surface area contributed by atoms with Crippen molar-refractivity contribution >= 4 is 54.9 Å². The number of nitrogens with zero attached hydrogens (tertiary/aromatic N) is 3. The highest BCUT2D eigenvalue weighted by molar-refractivity contribution is 6.38. The minimum Gasteiger partial charge on any atom is -0.507 e. The summed E-state index contributed by atoms with van der Waals surface area (Å²) >= 11 is 0. The molecule has 0 amide bonds. The van der Waals surface area contributed by atoms with Crippen LogP contribution >= 0.6 is 0 Å². The Morgan fingerprint density at radius 2 is 1.11 bits per heavy atom. The Labute approximate surface area is 412 Å². The summed E-state index contributed by atoms with van der Waals surface area (Å²) in [5, 5.41) is 49.8. The molecular weight excluding hydrogens is 875 g/mol. The van der Waals surface area contributed by atoms with E-state index in [1.54, 1.807) is 0 Å². The second kappa shape index (κ2) is 22.8. The molecule has 8 rings (SSSR count). The minimum absolute atomic E-state index is 0.0380. The molecule has 5 aromatic carbocycles. The highest BCUT2D eigenvalue weighted by Gasteiger charge is 2.36. The summed E-state index contributed by atoms with van der Waals surface area (Å²) in [5.74, 6) is -0.780. The SMILES string of the molecule is CCCCCC[n+]1ccc(CCCCCc2c(O)c3c(=O)cc(CO)c4c5c(CO)cc(=O)c6c(O)c(OC)c7c(c(c2C=C(C)C7C(C)=NCCCCc2cc[n+](CCCCCC)cc2)c34)c65)cc1. The monoisotopic (exact) mass is 948 g/mol. The van der Waals surface area contributed by atoms with Crippen molar-refractivity contribution in [3.05, 3.63) is 126 Å². The van der Waals surface area contributed by atoms with Crippen LogP contribution in [0.15, 0.2) is 81.3 Å². The molecule has 0 aliphatic heterocycles. The molecule has 0 spiro atoms. The molecule has 1 aliphatic rings. The molecule has 1 aliphatic carbocycles. The molecule has 0 bridgehead atoms. The molecule has 1 unspecified atom stereocenters. The summed E-state index contributed by atoms with van der Waals surface area (Å²) in [7, 11) is 1.49. The number of allylic oxidation sites excluding steroid dienone is 1. The highest BCUT2D eigenvalue weighted by Crippen LogP contribution is 2.56. The summed E-state index contributed by atoms with van der Waals surface area (Å²) in [6.45, 7) is 10.1. The van der Waals surface area contributed by atoms with Gasteiger partial charge in [-0.2, -0.15) is 0 Å². The number of pyridine rings is 2. The van der Waals surface area contributed by atoms with Crippen LogP contribution in [0.2, 0.25) is 0 Å². The molecule has 2 aromatic heterocycles. The van der Waals surface area contributed by atoms with Gasteiger partial charge in [-0.1, -0.05) is 57.6 Å². The van der Waals surface area contributed by atoms with Crippen molar-refractivity contribution < 1.29 is 34.3 Å². The minimum atomic E-state index is -0.518. The number of hydrogen-bond acceptors (Lipinski definition) is 8. The number of phenols is 2. The van der Waals surface area contributed by atoms with Crippen molar-refractivity contribution in [3.63, 3.8) is 0 Å². The summed E-state index contributed by atoms with van der Waals surface area (Å²) in [6, 6.07) is 11.5. The first kappa shape index (κ1) is 50.4. The molecule has 0 saturated carbocycles. The van der Waals surface area contributed by atoms with Gasteiger partial charge in [-0.15, -0.1) is 0 Å². The highest BCUT2D eigenvalue weighted by atomic mass is 16.5. The molecule has 1 atom stereocenters. The van der Waals surface area contributed by atoms with E-state index in [1.807, 2.05) is 13.8 Å². The van der Waals surface area contributed by atoms with Gasteiger partial charge in [0.2, 0.25) is 0 Å². The van der Waals surface area contributed by atoms with Crippen molar-refractivity contribution in [1.29, 1.82) is 0 Å². The molecular formula is C60H73N3O7+2. The molecule has 4 N–H and O–H groups in total. The molecule has 10 nitrogen and oxygen atoms in total. The van der Waals surface area contributed by atoms with E-state index in [9.17, 15) is 30.0 Å². The van der Waals surface area contributed by atoms with E-state index in [4.69, 9.17) is 9.73 Å². The number of aliphatic imine (C=N–C) groups is 1. The number of fused-ring (bicyclic) bond motifs is 1. The van der Waals surface area contributed by atoms with Gasteiger partial charge in [-0.05, 0) is 133 Å². The van der Waals surface area contributed by atoms with Crippen LogP contribution in [0.4, 0.5) is 0 Å². The van der Waals surface area contributed by atoms with Crippen molar-refractivity contribution in [1.82, 2.24) is 0 Å². The second-order valence-electron chi connectivity index (χ2n) is 19.8. The Hall–Kier alpha value is -5.97. The third kappa shape index (κ3) is 10.00. The van der Waals surface area contributed by atoms with Gasteiger partial charge in [0.25, 0.3) is 0 Å². The van der Waals surface area contributed by atoms with E-state index in [1.165, 1.54) is 81.7 Å². The number of aryl methyl sites for hydroxylation is 4. The number of aliphatic hydroxyl groups is 2. The lowest BCUT2D eigenvalue weighted by atomic mass is 9.78. The molecule has 7 aromatic rings. The predicted molar refractivity (Wildman–Crippen MR) is 283 cm³/mol. The third-order valence-corrected chi connectivity index (χ3v) is 15.0. The number of hydrogen-bond donors (Lipinski definition) is 4. The Morgan fingerprint density at radius 3 is 1.64 bits per heavy atom. The predicted octanol–water partition coefficient (Wildman–Crippen LogP) is 11.0. The van der Waals surface area contributed by atoms with Gasteiger partial charge >= 0.3 is 0 Å². The van der Waals surface area contributed by atoms with Gasteiger partial charge in [0.05, 0.1) is 31.1 Å². The Bertz CT molecular complexity index is 3140. The molecule has 0 saturated heterocycles. The number of ether oxygens (including phenoxy) is 1. The topological polar surface area (TPSA) is 144 Å². The van der Waals surface area contributed by atoms with E-state index >= 15 is 0 Å². The fraction of sp³-hybridized carbons (Fsp3) is 0.450. The van der Waals surface area contributed by atoms with Gasteiger partial charge < -0.3 is 25.2 Å². The van der Waals surface area contributed by atoms with Gasteiger partial charge in [-0.25, -0.2) is 9.13 Å². The summed E-state index contributed by atoms with van der Waals surface area (Å²) in [6.07, 6.45) is 27.4. The number of benzene rings is 5. The molecule has 10 heteroatoms. The van der Waals surface area contributed by atoms with Crippen LogP contribution in [-0.4, -0.2) is 39.8 Å². The first-order valence-corrected chi connectivity index (χ1v) is 26.1. The lowest BCUT2D eigenvalue weighted by Crippen LogP contribution is -2.32. The third-order valence-electron chi connectivity index (χ3n) is 15.0. The van der Waals surface area contributed by atoms with Crippen LogP contribution in [0.25, 0.3) is 49.2 Å². The lowest BCUT2D eigenvalue weighted by Gasteiger charge is -2.26. The summed E-state index contributed by atoms with van der Waals surface area (Å²) in [4.78, 5) is 33.8. The first-order valence-electron chi connectivity index (χ1n) is 26.1. The molecule has 70 heavy (non-hydrogen) atoms. The lowest BCUT2D eigenvalue weighted by molar-refractivity contribution is -0.697. The number of methoxy groups -OCH3 is 1. The zero-order valence-corrected chi connectivity index (χ0v) is 42.1. The average Bonchev–Trinajstić information content (AvgIpc) is 3.49. The van der Waals surface area contributed by atoms with Gasteiger partial charge in [0.1, 0.15) is 18.8 Å². The maximum Gasteiger partial charge on any atom is 0.190 e. The van der Waals surface area contributed by atoms with E-state index < -0.39 is 30.0 Å². The zero-order chi connectivity index (χ0) is 49.5. The fourth-order valence-corrected chi connectivity index (χ4v) is 11.4. The fourth-order valence-electron chi connectivity index (χ4n) is 11.4. The van der Waals surface area contributed by atoms with Crippen LogP contribution in [-0.2, 0) is 45.6 Å². The van der Waals surface area contributed by atoms with Gasteiger partial charge in [0.15, 0.2) is 47.1 Å². The quantitative estimate of drug-likeness (QED) is 0.0147.